The first-order chi connectivity index (χ1) is 22.0. The SMILES string of the molecule is CCOC(=O)C1=C(c2cc(F)ccc2F)NC2=C(C(c3cccs3)N=N2)C1c1ccc(N2CCN(C(=O)OC(C)(C)C)CC2)cc1. The first-order valence-electron chi connectivity index (χ1n) is 15.2. The number of rotatable bonds is 6. The van der Waals surface area contributed by atoms with Gasteiger partial charge in [-0.05, 0) is 75.0 Å². The van der Waals surface area contributed by atoms with Crippen LogP contribution in [0.5, 0.6) is 0 Å². The quantitative estimate of drug-likeness (QED) is 0.285. The third-order valence-corrected chi connectivity index (χ3v) is 8.91. The number of hydrogen-bond acceptors (Lipinski definition) is 9. The molecule has 240 valence electrons. The van der Waals surface area contributed by atoms with E-state index < -0.39 is 35.2 Å². The van der Waals surface area contributed by atoms with E-state index in [9.17, 15) is 14.0 Å². The standard InChI is InChI=1S/C34H35F2N5O4S/c1-5-44-32(42)28-26(20-8-11-22(12-9-20)40-14-16-41(17-15-40)33(43)45-34(2,3)4)27-30(25-7-6-18-46-25)38-39-31(27)37-29(28)23-19-21(35)10-13-24(23)36/h6-13,18-19,26,30,37H,5,14-17H2,1-4H3. The molecule has 1 aromatic heterocycles. The molecule has 4 heterocycles. The van der Waals surface area contributed by atoms with E-state index in [0.29, 0.717) is 32.0 Å². The second kappa shape index (κ2) is 12.7. The Kier molecular flexibility index (Phi) is 8.65. The number of amides is 1. The molecule has 1 amide bonds. The summed E-state index contributed by atoms with van der Waals surface area (Å²) in [6.45, 7) is 9.62. The summed E-state index contributed by atoms with van der Waals surface area (Å²) in [6.07, 6.45) is -0.325. The van der Waals surface area contributed by atoms with Gasteiger partial charge in [-0.2, -0.15) is 5.11 Å². The van der Waals surface area contributed by atoms with Gasteiger partial charge in [0.2, 0.25) is 0 Å². The minimum atomic E-state index is -0.715. The lowest BCUT2D eigenvalue weighted by molar-refractivity contribution is -0.138. The Bertz CT molecular complexity index is 1720. The molecule has 0 radical (unpaired) electrons. The van der Waals surface area contributed by atoms with E-state index in [0.717, 1.165) is 39.9 Å². The molecule has 6 rings (SSSR count). The minimum Gasteiger partial charge on any atom is -0.463 e. The number of esters is 1. The Balaban J connectivity index is 1.37. The van der Waals surface area contributed by atoms with Crippen molar-refractivity contribution < 1.29 is 27.8 Å². The lowest BCUT2D eigenvalue weighted by Gasteiger charge is -2.37. The molecule has 1 N–H and O–H groups in total. The van der Waals surface area contributed by atoms with Crippen LogP contribution in [0.1, 0.15) is 55.7 Å². The molecular formula is C34H35F2N5O4S. The Labute approximate surface area is 270 Å². The third kappa shape index (κ3) is 6.26. The van der Waals surface area contributed by atoms with Gasteiger partial charge in [-0.25, -0.2) is 18.4 Å². The summed E-state index contributed by atoms with van der Waals surface area (Å²) in [5.74, 6) is -2.32. The number of thiophene rings is 1. The second-order valence-corrected chi connectivity index (χ2v) is 13.2. The van der Waals surface area contributed by atoms with Gasteiger partial charge < -0.3 is 24.6 Å². The predicted molar refractivity (Wildman–Crippen MR) is 171 cm³/mol. The number of carbonyl (C=O) groups excluding carboxylic acids is 2. The lowest BCUT2D eigenvalue weighted by atomic mass is 9.77. The fraction of sp³-hybridized carbons (Fsp3) is 0.353. The fourth-order valence-corrected chi connectivity index (χ4v) is 6.70. The van der Waals surface area contributed by atoms with Gasteiger partial charge in [0.1, 0.15) is 23.3 Å². The number of halogens is 2. The molecule has 0 aliphatic carbocycles. The maximum Gasteiger partial charge on any atom is 0.410 e. The predicted octanol–water partition coefficient (Wildman–Crippen LogP) is 7.16. The zero-order valence-electron chi connectivity index (χ0n) is 26.0. The van der Waals surface area contributed by atoms with E-state index >= 15 is 4.39 Å². The molecule has 0 spiro atoms. The maximum atomic E-state index is 15.3. The molecule has 46 heavy (non-hydrogen) atoms. The molecule has 2 atom stereocenters. The highest BCUT2D eigenvalue weighted by Gasteiger charge is 2.43. The van der Waals surface area contributed by atoms with Gasteiger partial charge >= 0.3 is 12.1 Å². The van der Waals surface area contributed by atoms with Crippen LogP contribution in [-0.2, 0) is 14.3 Å². The monoisotopic (exact) mass is 647 g/mol. The van der Waals surface area contributed by atoms with Crippen molar-refractivity contribution in [1.82, 2.24) is 10.2 Å². The van der Waals surface area contributed by atoms with Gasteiger partial charge in [0.15, 0.2) is 5.82 Å². The van der Waals surface area contributed by atoms with Crippen LogP contribution in [0.2, 0.25) is 0 Å². The minimum absolute atomic E-state index is 0.0901. The van der Waals surface area contributed by atoms with Crippen LogP contribution in [0, 0.1) is 11.6 Å². The summed E-state index contributed by atoms with van der Waals surface area (Å²) in [7, 11) is 0. The molecule has 1 saturated heterocycles. The number of hydrogen-bond donors (Lipinski definition) is 1. The van der Waals surface area contributed by atoms with Gasteiger partial charge in [-0.3, -0.25) is 0 Å². The number of nitrogens with zero attached hydrogens (tertiary/aromatic N) is 4. The summed E-state index contributed by atoms with van der Waals surface area (Å²) in [5, 5.41) is 14.0. The average Bonchev–Trinajstić information content (AvgIpc) is 3.71. The molecule has 2 aromatic carbocycles. The molecule has 9 nitrogen and oxygen atoms in total. The van der Waals surface area contributed by atoms with Crippen LogP contribution in [0.25, 0.3) is 5.70 Å². The second-order valence-electron chi connectivity index (χ2n) is 12.2. The first kappa shape index (κ1) is 31.4. The van der Waals surface area contributed by atoms with E-state index in [1.165, 1.54) is 11.3 Å². The highest BCUT2D eigenvalue weighted by Crippen LogP contribution is 2.51. The molecule has 0 saturated carbocycles. The Hall–Kier alpha value is -4.58. The van der Waals surface area contributed by atoms with E-state index in [4.69, 9.17) is 9.47 Å². The van der Waals surface area contributed by atoms with Crippen LogP contribution >= 0.6 is 11.3 Å². The zero-order chi connectivity index (χ0) is 32.6. The largest absolute Gasteiger partial charge is 0.463 e. The van der Waals surface area contributed by atoms with Gasteiger partial charge in [0.25, 0.3) is 0 Å². The van der Waals surface area contributed by atoms with Crippen molar-refractivity contribution in [3.8, 4) is 0 Å². The molecule has 2 unspecified atom stereocenters. The number of dihydropyridines is 1. The van der Waals surface area contributed by atoms with E-state index in [1.54, 1.807) is 11.8 Å². The Morgan fingerprint density at radius 2 is 1.78 bits per heavy atom. The van der Waals surface area contributed by atoms with Gasteiger partial charge in [0, 0.05) is 53.8 Å². The number of nitrogens with one attached hydrogen (secondary N) is 1. The van der Waals surface area contributed by atoms with E-state index in [1.807, 2.05) is 62.5 Å². The smallest absolute Gasteiger partial charge is 0.410 e. The summed E-state index contributed by atoms with van der Waals surface area (Å²) < 4.78 is 40.8. The number of piperazine rings is 1. The molecule has 3 aliphatic rings. The van der Waals surface area contributed by atoms with Gasteiger partial charge in [-0.15, -0.1) is 16.5 Å². The number of carbonyl (C=O) groups is 2. The first-order valence-corrected chi connectivity index (χ1v) is 16.1. The van der Waals surface area contributed by atoms with Crippen LogP contribution < -0.4 is 10.2 Å². The number of azo groups is 1. The van der Waals surface area contributed by atoms with Crippen LogP contribution in [0.4, 0.5) is 19.3 Å². The van der Waals surface area contributed by atoms with Gasteiger partial charge in [0.05, 0.1) is 17.9 Å². The topological polar surface area (TPSA) is 95.8 Å². The van der Waals surface area contributed by atoms with Crippen molar-refractivity contribution in [2.24, 2.45) is 10.2 Å². The number of benzene rings is 2. The molecule has 3 aliphatic heterocycles. The zero-order valence-corrected chi connectivity index (χ0v) is 26.9. The maximum absolute atomic E-state index is 15.3. The Morgan fingerprint density at radius 3 is 2.43 bits per heavy atom. The molecular weight excluding hydrogens is 612 g/mol. The average molecular weight is 648 g/mol. The van der Waals surface area contributed by atoms with Crippen molar-refractivity contribution in [1.29, 1.82) is 0 Å². The molecule has 3 aromatic rings. The number of ether oxygens (including phenoxy) is 2. The third-order valence-electron chi connectivity index (χ3n) is 7.98. The number of anilines is 1. The van der Waals surface area contributed by atoms with E-state index in [-0.39, 0.29) is 29.5 Å². The van der Waals surface area contributed by atoms with Crippen molar-refractivity contribution >= 4 is 34.8 Å². The highest BCUT2D eigenvalue weighted by molar-refractivity contribution is 7.10. The summed E-state index contributed by atoms with van der Waals surface area (Å²) in [4.78, 5) is 31.1. The highest BCUT2D eigenvalue weighted by atomic mass is 32.1. The van der Waals surface area contributed by atoms with Crippen LogP contribution in [-0.4, -0.2) is 55.3 Å². The van der Waals surface area contributed by atoms with Gasteiger partial charge in [-0.1, -0.05) is 18.2 Å². The summed E-state index contributed by atoms with van der Waals surface area (Å²) >= 11 is 1.52. The molecule has 12 heteroatoms. The van der Waals surface area contributed by atoms with Crippen LogP contribution in [0.15, 0.2) is 87.2 Å². The van der Waals surface area contributed by atoms with Crippen LogP contribution in [0.3, 0.4) is 0 Å². The summed E-state index contributed by atoms with van der Waals surface area (Å²) in [5.41, 5.74) is 2.00. The van der Waals surface area contributed by atoms with Crippen molar-refractivity contribution in [2.75, 3.05) is 37.7 Å². The van der Waals surface area contributed by atoms with E-state index in [2.05, 4.69) is 20.4 Å². The fourth-order valence-electron chi connectivity index (χ4n) is 5.93. The molecule has 1 fully saturated rings. The van der Waals surface area contributed by atoms with Crippen molar-refractivity contribution in [3.63, 3.8) is 0 Å². The lowest BCUT2D eigenvalue weighted by Crippen LogP contribution is -2.50. The normalized spacial score (nSPS) is 19.7. The summed E-state index contributed by atoms with van der Waals surface area (Å²) in [6, 6.07) is 14.3. The molecule has 0 bridgehead atoms. The van der Waals surface area contributed by atoms with Crippen molar-refractivity contribution in [2.45, 2.75) is 45.3 Å². The van der Waals surface area contributed by atoms with Crippen molar-refractivity contribution in [3.05, 3.63) is 105 Å². The Morgan fingerprint density at radius 1 is 1.04 bits per heavy atom.